The van der Waals surface area contributed by atoms with E-state index in [1.54, 1.807) is 0 Å². The minimum absolute atomic E-state index is 0.0266. The second-order valence-corrected chi connectivity index (χ2v) is 8.74. The van der Waals surface area contributed by atoms with E-state index < -0.39 is 0 Å². The molecule has 162 valence electrons. The number of para-hydroxylation sites is 1. The maximum Gasteiger partial charge on any atom is 0.234 e. The molecule has 0 atom stereocenters. The van der Waals surface area contributed by atoms with Crippen molar-refractivity contribution in [3.05, 3.63) is 71.5 Å². The molecule has 0 spiro atoms. The third-order valence-electron chi connectivity index (χ3n) is 5.55. The Kier molecular flexibility index (Phi) is 7.38. The summed E-state index contributed by atoms with van der Waals surface area (Å²) in [6.07, 6.45) is 3.37. The number of benzene rings is 2. The second-order valence-electron chi connectivity index (χ2n) is 7.80. The molecule has 0 radical (unpaired) electrons. The highest BCUT2D eigenvalue weighted by Crippen LogP contribution is 2.22. The molecule has 1 aliphatic heterocycles. The molecule has 0 saturated carbocycles. The number of aryl methyl sites for hydroxylation is 1. The molecule has 1 saturated heterocycles. The van der Waals surface area contributed by atoms with Crippen molar-refractivity contribution in [1.82, 2.24) is 19.7 Å². The van der Waals surface area contributed by atoms with Crippen LogP contribution < -0.4 is 5.32 Å². The molecule has 6 nitrogen and oxygen atoms in total. The normalized spacial score (nSPS) is 14.1. The molecule has 7 heteroatoms. The Hall–Kier alpha value is -2.64. The van der Waals surface area contributed by atoms with Crippen LogP contribution >= 0.6 is 11.8 Å². The second kappa shape index (κ2) is 10.6. The van der Waals surface area contributed by atoms with Crippen LogP contribution in [0.3, 0.4) is 0 Å². The summed E-state index contributed by atoms with van der Waals surface area (Å²) in [6.45, 7) is 5.82. The van der Waals surface area contributed by atoms with Gasteiger partial charge >= 0.3 is 0 Å². The van der Waals surface area contributed by atoms with Gasteiger partial charge in [-0.2, -0.15) is 0 Å². The largest absolute Gasteiger partial charge is 0.325 e. The third kappa shape index (κ3) is 5.74. The van der Waals surface area contributed by atoms with Gasteiger partial charge in [0.2, 0.25) is 5.91 Å². The van der Waals surface area contributed by atoms with Crippen LogP contribution in [0.4, 0.5) is 5.69 Å². The van der Waals surface area contributed by atoms with E-state index in [0.29, 0.717) is 12.3 Å². The van der Waals surface area contributed by atoms with Gasteiger partial charge in [0.1, 0.15) is 5.82 Å². The number of hydrogen-bond donors (Lipinski definition) is 1. The first-order chi connectivity index (χ1) is 15.2. The molecular weight excluding hydrogens is 406 g/mol. The van der Waals surface area contributed by atoms with Gasteiger partial charge in [-0.25, -0.2) is 0 Å². The van der Waals surface area contributed by atoms with Crippen LogP contribution in [0.25, 0.3) is 0 Å². The Bertz CT molecular complexity index is 998. The topological polar surface area (TPSA) is 63.1 Å². The van der Waals surface area contributed by atoms with Gasteiger partial charge in [-0.05, 0) is 49.5 Å². The summed E-state index contributed by atoms with van der Waals surface area (Å²) in [6, 6.07) is 18.3. The Morgan fingerprint density at radius 3 is 2.52 bits per heavy atom. The average molecular weight is 436 g/mol. The minimum atomic E-state index is -0.0266. The van der Waals surface area contributed by atoms with E-state index in [4.69, 9.17) is 0 Å². The predicted molar refractivity (Wildman–Crippen MR) is 125 cm³/mol. The minimum Gasteiger partial charge on any atom is -0.325 e. The molecule has 31 heavy (non-hydrogen) atoms. The number of aromatic nitrogens is 3. The fraction of sp³-hybridized carbons (Fsp3) is 0.375. The molecule has 0 unspecified atom stereocenters. The van der Waals surface area contributed by atoms with Gasteiger partial charge in [-0.15, -0.1) is 10.2 Å². The summed E-state index contributed by atoms with van der Waals surface area (Å²) < 4.78 is 2.16. The molecule has 0 bridgehead atoms. The van der Waals surface area contributed by atoms with Crippen molar-refractivity contribution in [3.63, 3.8) is 0 Å². The summed E-state index contributed by atoms with van der Waals surface area (Å²) >= 11 is 1.44. The van der Waals surface area contributed by atoms with Crippen LogP contribution in [-0.4, -0.2) is 44.4 Å². The number of rotatable bonds is 9. The Morgan fingerprint density at radius 2 is 1.74 bits per heavy atom. The fourth-order valence-corrected chi connectivity index (χ4v) is 4.63. The summed E-state index contributed by atoms with van der Waals surface area (Å²) in [7, 11) is 0. The van der Waals surface area contributed by atoms with E-state index in [0.717, 1.165) is 48.3 Å². The van der Waals surface area contributed by atoms with E-state index >= 15 is 0 Å². The van der Waals surface area contributed by atoms with Crippen LogP contribution in [0.15, 0.2) is 59.8 Å². The zero-order chi connectivity index (χ0) is 21.5. The summed E-state index contributed by atoms with van der Waals surface area (Å²) in [5.74, 6) is 1.24. The highest BCUT2D eigenvalue weighted by atomic mass is 32.2. The van der Waals surface area contributed by atoms with E-state index in [2.05, 4.69) is 44.0 Å². The van der Waals surface area contributed by atoms with Crippen molar-refractivity contribution in [2.45, 2.75) is 44.4 Å². The first-order valence-corrected chi connectivity index (χ1v) is 11.9. The van der Waals surface area contributed by atoms with Gasteiger partial charge in [0.15, 0.2) is 5.16 Å². The Balaban J connectivity index is 1.46. The van der Waals surface area contributed by atoms with Crippen molar-refractivity contribution in [2.24, 2.45) is 0 Å². The van der Waals surface area contributed by atoms with Gasteiger partial charge in [-0.3, -0.25) is 9.69 Å². The standard InChI is InChI=1S/C24H29N5OS/c1-2-20-12-6-7-13-21(20)25-23(30)18-31-24-27-26-22(17-28-14-8-9-15-28)29(24)16-19-10-4-3-5-11-19/h3-7,10-13H,2,8-9,14-18H2,1H3,(H,25,30). The summed E-state index contributed by atoms with van der Waals surface area (Å²) in [5, 5.41) is 12.8. The summed E-state index contributed by atoms with van der Waals surface area (Å²) in [4.78, 5) is 15.0. The smallest absolute Gasteiger partial charge is 0.234 e. The molecule has 4 rings (SSSR count). The lowest BCUT2D eigenvalue weighted by Crippen LogP contribution is -2.22. The SMILES string of the molecule is CCc1ccccc1NC(=O)CSc1nnc(CN2CCCC2)n1Cc1ccccc1. The van der Waals surface area contributed by atoms with Gasteiger partial charge in [-0.1, -0.05) is 67.2 Å². The van der Waals surface area contributed by atoms with Crippen LogP contribution in [0.2, 0.25) is 0 Å². The number of nitrogens with one attached hydrogen (secondary N) is 1. The highest BCUT2D eigenvalue weighted by Gasteiger charge is 2.19. The highest BCUT2D eigenvalue weighted by molar-refractivity contribution is 7.99. The van der Waals surface area contributed by atoms with E-state index in [1.807, 2.05) is 42.5 Å². The van der Waals surface area contributed by atoms with Crippen molar-refractivity contribution >= 4 is 23.4 Å². The number of carbonyl (C=O) groups excluding carboxylic acids is 1. The first kappa shape index (κ1) is 21.6. The average Bonchev–Trinajstić information content (AvgIpc) is 3.44. The van der Waals surface area contributed by atoms with Crippen molar-refractivity contribution in [3.8, 4) is 0 Å². The molecule has 1 fully saturated rings. The van der Waals surface area contributed by atoms with Crippen LogP contribution in [0.5, 0.6) is 0 Å². The number of anilines is 1. The Morgan fingerprint density at radius 1 is 1.00 bits per heavy atom. The molecular formula is C24H29N5OS. The maximum atomic E-state index is 12.6. The number of thioether (sulfide) groups is 1. The molecule has 2 aromatic carbocycles. The van der Waals surface area contributed by atoms with E-state index in [9.17, 15) is 4.79 Å². The molecule has 1 aromatic heterocycles. The van der Waals surface area contributed by atoms with Gasteiger partial charge < -0.3 is 9.88 Å². The third-order valence-corrected chi connectivity index (χ3v) is 6.51. The molecule has 0 aliphatic carbocycles. The summed E-state index contributed by atoms with van der Waals surface area (Å²) in [5.41, 5.74) is 3.23. The van der Waals surface area contributed by atoms with Gasteiger partial charge in [0, 0.05) is 5.69 Å². The van der Waals surface area contributed by atoms with Crippen molar-refractivity contribution in [2.75, 3.05) is 24.2 Å². The van der Waals surface area contributed by atoms with E-state index in [-0.39, 0.29) is 5.91 Å². The molecule has 3 aromatic rings. The molecule has 1 aliphatic rings. The lowest BCUT2D eigenvalue weighted by molar-refractivity contribution is -0.113. The van der Waals surface area contributed by atoms with Crippen molar-refractivity contribution < 1.29 is 4.79 Å². The zero-order valence-corrected chi connectivity index (χ0v) is 18.8. The number of hydrogen-bond acceptors (Lipinski definition) is 5. The van der Waals surface area contributed by atoms with Gasteiger partial charge in [0.05, 0.1) is 18.8 Å². The van der Waals surface area contributed by atoms with Crippen LogP contribution in [0.1, 0.15) is 36.7 Å². The Labute approximate surface area is 188 Å². The molecule has 1 amide bonds. The fourth-order valence-electron chi connectivity index (χ4n) is 3.88. The lowest BCUT2D eigenvalue weighted by atomic mass is 10.1. The monoisotopic (exact) mass is 435 g/mol. The first-order valence-electron chi connectivity index (χ1n) is 10.9. The molecule has 1 N–H and O–H groups in total. The van der Waals surface area contributed by atoms with Crippen LogP contribution in [0, 0.1) is 0 Å². The van der Waals surface area contributed by atoms with E-state index in [1.165, 1.54) is 30.2 Å². The van der Waals surface area contributed by atoms with Crippen molar-refractivity contribution in [1.29, 1.82) is 0 Å². The number of carbonyl (C=O) groups is 1. The number of likely N-dealkylation sites (tertiary alicyclic amines) is 1. The van der Waals surface area contributed by atoms with Crippen LogP contribution in [-0.2, 0) is 24.3 Å². The van der Waals surface area contributed by atoms with Gasteiger partial charge in [0.25, 0.3) is 0 Å². The maximum absolute atomic E-state index is 12.6. The number of nitrogens with zero attached hydrogens (tertiary/aromatic N) is 4. The zero-order valence-electron chi connectivity index (χ0n) is 18.0. The number of amides is 1. The molecule has 2 heterocycles. The quantitative estimate of drug-likeness (QED) is 0.510. The lowest BCUT2D eigenvalue weighted by Gasteiger charge is -2.16. The predicted octanol–water partition coefficient (Wildman–Crippen LogP) is 4.22.